The fourth-order valence-electron chi connectivity index (χ4n) is 2.63. The van der Waals surface area contributed by atoms with Crippen molar-refractivity contribution in [3.05, 3.63) is 29.6 Å². The number of nitrogens with zero attached hydrogens (tertiary/aromatic N) is 2. The summed E-state index contributed by atoms with van der Waals surface area (Å²) in [5.41, 5.74) is 1.76. The van der Waals surface area contributed by atoms with Crippen LogP contribution in [0.4, 0.5) is 0 Å². The third-order valence-corrected chi connectivity index (χ3v) is 3.76. The van der Waals surface area contributed by atoms with Crippen LogP contribution >= 0.6 is 0 Å². The van der Waals surface area contributed by atoms with Crippen LogP contribution in [0.1, 0.15) is 48.7 Å². The second-order valence-corrected chi connectivity index (χ2v) is 5.06. The first kappa shape index (κ1) is 14.0. The van der Waals surface area contributed by atoms with Crippen LogP contribution in [0.2, 0.25) is 0 Å². The molecule has 0 spiro atoms. The lowest BCUT2D eigenvalue weighted by Gasteiger charge is -2.31. The van der Waals surface area contributed by atoms with Crippen LogP contribution in [-0.2, 0) is 0 Å². The highest BCUT2D eigenvalue weighted by molar-refractivity contribution is 5.93. The van der Waals surface area contributed by atoms with Gasteiger partial charge in [0.25, 0.3) is 5.91 Å². The maximum atomic E-state index is 11.7. The van der Waals surface area contributed by atoms with Gasteiger partial charge < -0.3 is 10.2 Å². The van der Waals surface area contributed by atoms with Crippen molar-refractivity contribution in [1.29, 1.82) is 0 Å². The summed E-state index contributed by atoms with van der Waals surface area (Å²) < 4.78 is 0. The van der Waals surface area contributed by atoms with E-state index in [9.17, 15) is 4.79 Å². The fourth-order valence-corrected chi connectivity index (χ4v) is 2.63. The molecule has 1 N–H and O–H groups in total. The Bertz CT molecular complexity index is 416. The molecule has 2 rings (SSSR count). The van der Waals surface area contributed by atoms with Crippen LogP contribution in [0.15, 0.2) is 18.3 Å². The summed E-state index contributed by atoms with van der Waals surface area (Å²) in [6, 6.07) is 3.90. The number of rotatable bonds is 4. The number of piperidine rings is 1. The second kappa shape index (κ2) is 6.66. The molecule has 1 aromatic heterocycles. The number of nitrogens with one attached hydrogen (secondary N) is 1. The largest absolute Gasteiger partial charge is 0.352 e. The lowest BCUT2D eigenvalue weighted by Crippen LogP contribution is -2.34. The number of amides is 1. The zero-order chi connectivity index (χ0) is 13.7. The molecule has 1 saturated heterocycles. The van der Waals surface area contributed by atoms with Crippen LogP contribution < -0.4 is 5.32 Å². The Morgan fingerprint density at radius 2 is 2.32 bits per heavy atom. The number of carbonyl (C=O) groups excluding carboxylic acids is 1. The van der Waals surface area contributed by atoms with Crippen molar-refractivity contribution >= 4 is 5.91 Å². The van der Waals surface area contributed by atoms with Crippen LogP contribution in [0.25, 0.3) is 0 Å². The highest BCUT2D eigenvalue weighted by Crippen LogP contribution is 2.25. The Balaban J connectivity index is 2.03. The van der Waals surface area contributed by atoms with E-state index in [2.05, 4.69) is 22.1 Å². The van der Waals surface area contributed by atoms with E-state index in [1.54, 1.807) is 6.20 Å². The van der Waals surface area contributed by atoms with E-state index in [0.717, 1.165) is 18.8 Å². The van der Waals surface area contributed by atoms with Gasteiger partial charge in [-0.25, -0.2) is 0 Å². The first-order valence-electron chi connectivity index (χ1n) is 7.21. The van der Waals surface area contributed by atoms with Crippen molar-refractivity contribution in [1.82, 2.24) is 15.2 Å². The third kappa shape index (κ3) is 3.53. The summed E-state index contributed by atoms with van der Waals surface area (Å²) in [6.07, 6.45) is 4.13. The molecule has 0 saturated carbocycles. The molecule has 4 heteroatoms. The molecule has 1 fully saturated rings. The van der Waals surface area contributed by atoms with Gasteiger partial charge in [-0.3, -0.25) is 9.78 Å². The van der Waals surface area contributed by atoms with Gasteiger partial charge in [-0.2, -0.15) is 0 Å². The summed E-state index contributed by atoms with van der Waals surface area (Å²) in [5.74, 6) is 0.470. The van der Waals surface area contributed by atoms with Gasteiger partial charge in [0.15, 0.2) is 0 Å². The molecule has 19 heavy (non-hydrogen) atoms. The number of aromatic nitrogens is 1. The number of likely N-dealkylation sites (tertiary alicyclic amines) is 1. The van der Waals surface area contributed by atoms with Crippen molar-refractivity contribution in [2.45, 2.75) is 32.6 Å². The summed E-state index contributed by atoms with van der Waals surface area (Å²) in [7, 11) is 0. The molecule has 1 atom stereocenters. The molecule has 0 aliphatic carbocycles. The van der Waals surface area contributed by atoms with Crippen molar-refractivity contribution in [3.63, 3.8) is 0 Å². The standard InChI is InChI=1S/C15H23N3O/c1-3-16-15(19)12-7-8-14(17-10-12)13-6-5-9-18(4-2)11-13/h7-8,10,13H,3-6,9,11H2,1-2H3,(H,16,19). The zero-order valence-corrected chi connectivity index (χ0v) is 11.9. The predicted molar refractivity (Wildman–Crippen MR) is 76.3 cm³/mol. The Labute approximate surface area is 115 Å². The van der Waals surface area contributed by atoms with E-state index in [1.807, 2.05) is 19.1 Å². The predicted octanol–water partition coefficient (Wildman–Crippen LogP) is 2.03. The van der Waals surface area contributed by atoms with E-state index < -0.39 is 0 Å². The molecule has 1 amide bonds. The normalized spacial score (nSPS) is 20.2. The topological polar surface area (TPSA) is 45.2 Å². The SMILES string of the molecule is CCNC(=O)c1ccc(C2CCCN(CC)C2)nc1. The van der Waals surface area contributed by atoms with Crippen LogP contribution in [0.3, 0.4) is 0 Å². The minimum atomic E-state index is -0.0413. The molecule has 0 bridgehead atoms. The van der Waals surface area contributed by atoms with Crippen molar-refractivity contribution < 1.29 is 4.79 Å². The minimum Gasteiger partial charge on any atom is -0.352 e. The van der Waals surface area contributed by atoms with Gasteiger partial charge in [0.05, 0.1) is 5.56 Å². The Kier molecular flexibility index (Phi) is 4.91. The Morgan fingerprint density at radius 3 is 2.95 bits per heavy atom. The van der Waals surface area contributed by atoms with Crippen LogP contribution in [-0.4, -0.2) is 42.0 Å². The van der Waals surface area contributed by atoms with Gasteiger partial charge in [-0.1, -0.05) is 6.92 Å². The quantitative estimate of drug-likeness (QED) is 0.902. The number of likely N-dealkylation sites (N-methyl/N-ethyl adjacent to an activating group) is 1. The van der Waals surface area contributed by atoms with Crippen LogP contribution in [0.5, 0.6) is 0 Å². The molecule has 1 aliphatic heterocycles. The number of hydrogen-bond acceptors (Lipinski definition) is 3. The van der Waals surface area contributed by atoms with Crippen molar-refractivity contribution in [2.75, 3.05) is 26.2 Å². The lowest BCUT2D eigenvalue weighted by atomic mass is 9.94. The number of carbonyl (C=O) groups is 1. The highest BCUT2D eigenvalue weighted by Gasteiger charge is 2.21. The lowest BCUT2D eigenvalue weighted by molar-refractivity contribution is 0.0955. The summed E-state index contributed by atoms with van der Waals surface area (Å²) in [5, 5.41) is 2.79. The van der Waals surface area contributed by atoms with Gasteiger partial charge >= 0.3 is 0 Å². The van der Waals surface area contributed by atoms with Gasteiger partial charge in [0.1, 0.15) is 0 Å². The van der Waals surface area contributed by atoms with E-state index in [1.165, 1.54) is 19.4 Å². The molecule has 0 radical (unpaired) electrons. The molecule has 1 aliphatic rings. The van der Waals surface area contributed by atoms with E-state index in [4.69, 9.17) is 0 Å². The maximum Gasteiger partial charge on any atom is 0.252 e. The summed E-state index contributed by atoms with van der Waals surface area (Å²) >= 11 is 0. The Hall–Kier alpha value is -1.42. The van der Waals surface area contributed by atoms with Crippen molar-refractivity contribution in [3.8, 4) is 0 Å². The number of hydrogen-bond donors (Lipinski definition) is 1. The highest BCUT2D eigenvalue weighted by atomic mass is 16.1. The maximum absolute atomic E-state index is 11.7. The van der Waals surface area contributed by atoms with Gasteiger partial charge in [0, 0.05) is 30.9 Å². The fraction of sp³-hybridized carbons (Fsp3) is 0.600. The molecule has 0 aromatic carbocycles. The average molecular weight is 261 g/mol. The smallest absolute Gasteiger partial charge is 0.252 e. The molecule has 4 nitrogen and oxygen atoms in total. The third-order valence-electron chi connectivity index (χ3n) is 3.76. The van der Waals surface area contributed by atoms with E-state index in [0.29, 0.717) is 18.0 Å². The average Bonchev–Trinajstić information content (AvgIpc) is 2.48. The van der Waals surface area contributed by atoms with Crippen molar-refractivity contribution in [2.24, 2.45) is 0 Å². The first-order chi connectivity index (χ1) is 9.24. The first-order valence-corrected chi connectivity index (χ1v) is 7.21. The molecule has 2 heterocycles. The molecular weight excluding hydrogens is 238 g/mol. The summed E-state index contributed by atoms with van der Waals surface area (Å²) in [6.45, 7) is 8.16. The summed E-state index contributed by atoms with van der Waals surface area (Å²) in [4.78, 5) is 18.6. The zero-order valence-electron chi connectivity index (χ0n) is 11.9. The van der Waals surface area contributed by atoms with Gasteiger partial charge in [0.2, 0.25) is 0 Å². The monoisotopic (exact) mass is 261 g/mol. The molecule has 1 unspecified atom stereocenters. The van der Waals surface area contributed by atoms with E-state index in [-0.39, 0.29) is 5.91 Å². The van der Waals surface area contributed by atoms with Gasteiger partial charge in [-0.15, -0.1) is 0 Å². The van der Waals surface area contributed by atoms with Crippen LogP contribution in [0, 0.1) is 0 Å². The molecule has 1 aromatic rings. The molecule has 104 valence electrons. The van der Waals surface area contributed by atoms with E-state index >= 15 is 0 Å². The molecular formula is C15H23N3O. The number of pyridine rings is 1. The minimum absolute atomic E-state index is 0.0413. The second-order valence-electron chi connectivity index (χ2n) is 5.06. The Morgan fingerprint density at radius 1 is 1.47 bits per heavy atom. The van der Waals surface area contributed by atoms with Gasteiger partial charge in [-0.05, 0) is 45.0 Å².